The average Bonchev–Trinajstić information content (AvgIpc) is 3.13. The summed E-state index contributed by atoms with van der Waals surface area (Å²) in [6, 6.07) is 8.96. The van der Waals surface area contributed by atoms with Crippen LogP contribution in [0, 0.1) is 0 Å². The first-order valence-corrected chi connectivity index (χ1v) is 7.31. The van der Waals surface area contributed by atoms with E-state index in [1.165, 1.54) is 0 Å². The number of anilines is 1. The molecule has 0 aliphatic carbocycles. The number of nitrogens with one attached hydrogen (secondary N) is 2. The second kappa shape index (κ2) is 6.00. The highest BCUT2D eigenvalue weighted by Crippen LogP contribution is 2.20. The number of aromatic amines is 1. The molecule has 6 heteroatoms. The maximum absolute atomic E-state index is 12.5. The first-order valence-electron chi connectivity index (χ1n) is 7.31. The van der Waals surface area contributed by atoms with Crippen LogP contribution < -0.4 is 5.32 Å². The number of carbonyl (C=O) groups is 2. The summed E-state index contributed by atoms with van der Waals surface area (Å²) in [5.41, 5.74) is 2.42. The summed E-state index contributed by atoms with van der Waals surface area (Å²) >= 11 is 0. The summed E-state index contributed by atoms with van der Waals surface area (Å²) in [7, 11) is 1.73. The van der Waals surface area contributed by atoms with E-state index >= 15 is 0 Å². The van der Waals surface area contributed by atoms with Crippen LogP contribution >= 0.6 is 0 Å². The second-order valence-corrected chi connectivity index (χ2v) is 5.14. The number of esters is 1. The molecule has 0 aliphatic rings. The fourth-order valence-corrected chi connectivity index (χ4v) is 2.52. The topological polar surface area (TPSA) is 76.1 Å². The molecule has 1 aromatic carbocycles. The van der Waals surface area contributed by atoms with Crippen molar-refractivity contribution in [1.29, 1.82) is 0 Å². The van der Waals surface area contributed by atoms with Crippen LogP contribution in [-0.4, -0.2) is 28.0 Å². The number of nitrogens with zero attached hydrogens (tertiary/aromatic N) is 1. The largest absolute Gasteiger partial charge is 0.461 e. The van der Waals surface area contributed by atoms with Gasteiger partial charge < -0.3 is 19.6 Å². The Hall–Kier alpha value is -3.02. The van der Waals surface area contributed by atoms with E-state index in [4.69, 9.17) is 4.74 Å². The molecule has 0 spiro atoms. The molecule has 3 rings (SSSR count). The van der Waals surface area contributed by atoms with Crippen LogP contribution in [-0.2, 0) is 11.8 Å². The number of hydrogen-bond donors (Lipinski definition) is 2. The maximum Gasteiger partial charge on any atom is 0.355 e. The Kier molecular flexibility index (Phi) is 3.89. The van der Waals surface area contributed by atoms with E-state index in [1.54, 1.807) is 43.1 Å². The number of ether oxygens (including phenoxy) is 1. The van der Waals surface area contributed by atoms with Gasteiger partial charge in [-0.1, -0.05) is 6.07 Å². The molecule has 2 heterocycles. The molecule has 0 saturated carbocycles. The Labute approximate surface area is 133 Å². The Morgan fingerprint density at radius 2 is 2.13 bits per heavy atom. The standard InChI is InChI=1S/C17H17N3O3/c1-3-23-17(22)15-9-11(10-20(15)2)19-16(21)13-5-4-6-14-12(13)7-8-18-14/h4-10,18H,3H2,1-2H3,(H,19,21). The molecule has 6 nitrogen and oxygen atoms in total. The van der Waals surface area contributed by atoms with Gasteiger partial charge in [0.1, 0.15) is 5.69 Å². The zero-order valence-electron chi connectivity index (χ0n) is 12.9. The van der Waals surface area contributed by atoms with Gasteiger partial charge in [-0.15, -0.1) is 0 Å². The molecule has 3 aromatic rings. The molecule has 0 atom stereocenters. The van der Waals surface area contributed by atoms with Crippen LogP contribution in [0.1, 0.15) is 27.8 Å². The number of aromatic nitrogens is 2. The van der Waals surface area contributed by atoms with Gasteiger partial charge in [-0.2, -0.15) is 0 Å². The number of amides is 1. The van der Waals surface area contributed by atoms with Crippen molar-refractivity contribution >= 4 is 28.5 Å². The summed E-state index contributed by atoms with van der Waals surface area (Å²) in [5, 5.41) is 3.67. The number of benzene rings is 1. The van der Waals surface area contributed by atoms with Gasteiger partial charge >= 0.3 is 5.97 Å². The predicted octanol–water partition coefficient (Wildman–Crippen LogP) is 2.94. The zero-order chi connectivity index (χ0) is 16.4. The maximum atomic E-state index is 12.5. The lowest BCUT2D eigenvalue weighted by Crippen LogP contribution is -2.11. The molecule has 0 saturated heterocycles. The minimum absolute atomic E-state index is 0.226. The monoisotopic (exact) mass is 311 g/mol. The van der Waals surface area contributed by atoms with Crippen molar-refractivity contribution in [2.75, 3.05) is 11.9 Å². The molecule has 118 valence electrons. The van der Waals surface area contributed by atoms with Crippen molar-refractivity contribution in [3.05, 3.63) is 54.0 Å². The van der Waals surface area contributed by atoms with Gasteiger partial charge in [-0.3, -0.25) is 4.79 Å². The van der Waals surface area contributed by atoms with E-state index in [9.17, 15) is 9.59 Å². The van der Waals surface area contributed by atoms with Crippen molar-refractivity contribution in [2.24, 2.45) is 7.05 Å². The summed E-state index contributed by atoms with van der Waals surface area (Å²) in [4.78, 5) is 27.4. The van der Waals surface area contributed by atoms with Gasteiger partial charge in [0.15, 0.2) is 0 Å². The Balaban J connectivity index is 1.85. The molecule has 0 unspecified atom stereocenters. The average molecular weight is 311 g/mol. The van der Waals surface area contributed by atoms with Gasteiger partial charge in [0.2, 0.25) is 0 Å². The third-order valence-corrected chi connectivity index (χ3v) is 3.59. The number of H-pyrrole nitrogens is 1. The van der Waals surface area contributed by atoms with Crippen LogP contribution in [0.2, 0.25) is 0 Å². The van der Waals surface area contributed by atoms with Crippen LogP contribution in [0.15, 0.2) is 42.7 Å². The van der Waals surface area contributed by atoms with Crippen LogP contribution in [0.25, 0.3) is 10.9 Å². The lowest BCUT2D eigenvalue weighted by Gasteiger charge is -2.04. The van der Waals surface area contributed by atoms with Crippen LogP contribution in [0.4, 0.5) is 5.69 Å². The molecule has 1 amide bonds. The van der Waals surface area contributed by atoms with E-state index in [0.29, 0.717) is 23.6 Å². The molecule has 0 aliphatic heterocycles. The molecule has 2 aromatic heterocycles. The van der Waals surface area contributed by atoms with Gasteiger partial charge in [-0.25, -0.2) is 4.79 Å². The Bertz CT molecular complexity index is 876. The van der Waals surface area contributed by atoms with E-state index in [2.05, 4.69) is 10.3 Å². The highest BCUT2D eigenvalue weighted by atomic mass is 16.5. The molecule has 23 heavy (non-hydrogen) atoms. The summed E-state index contributed by atoms with van der Waals surface area (Å²) < 4.78 is 6.61. The molecule has 2 N–H and O–H groups in total. The first-order chi connectivity index (χ1) is 11.1. The number of hydrogen-bond acceptors (Lipinski definition) is 3. The lowest BCUT2D eigenvalue weighted by atomic mass is 10.1. The molecular weight excluding hydrogens is 294 g/mol. The van der Waals surface area contributed by atoms with E-state index in [1.807, 2.05) is 18.2 Å². The third-order valence-electron chi connectivity index (χ3n) is 3.59. The normalized spacial score (nSPS) is 10.7. The summed E-state index contributed by atoms with van der Waals surface area (Å²) in [6.07, 6.45) is 3.48. The highest BCUT2D eigenvalue weighted by Gasteiger charge is 2.16. The minimum Gasteiger partial charge on any atom is -0.461 e. The second-order valence-electron chi connectivity index (χ2n) is 5.14. The Morgan fingerprint density at radius 3 is 2.91 bits per heavy atom. The predicted molar refractivity (Wildman–Crippen MR) is 87.6 cm³/mol. The number of carbonyl (C=O) groups excluding carboxylic acids is 2. The molecular formula is C17H17N3O3. The first kappa shape index (κ1) is 14.9. The zero-order valence-corrected chi connectivity index (χ0v) is 12.9. The Morgan fingerprint density at radius 1 is 1.30 bits per heavy atom. The van der Waals surface area contributed by atoms with E-state index in [0.717, 1.165) is 10.9 Å². The van der Waals surface area contributed by atoms with Crippen molar-refractivity contribution in [1.82, 2.24) is 9.55 Å². The van der Waals surface area contributed by atoms with Crippen molar-refractivity contribution < 1.29 is 14.3 Å². The van der Waals surface area contributed by atoms with Crippen molar-refractivity contribution in [3.63, 3.8) is 0 Å². The minimum atomic E-state index is -0.414. The number of rotatable bonds is 4. The van der Waals surface area contributed by atoms with Gasteiger partial charge in [0.05, 0.1) is 12.3 Å². The highest BCUT2D eigenvalue weighted by molar-refractivity contribution is 6.12. The van der Waals surface area contributed by atoms with Gasteiger partial charge in [0, 0.05) is 35.9 Å². The smallest absolute Gasteiger partial charge is 0.355 e. The van der Waals surface area contributed by atoms with Crippen molar-refractivity contribution in [3.8, 4) is 0 Å². The summed E-state index contributed by atoms with van der Waals surface area (Å²) in [6.45, 7) is 2.06. The fraction of sp³-hybridized carbons (Fsp3) is 0.176. The summed E-state index contributed by atoms with van der Waals surface area (Å²) in [5.74, 6) is -0.639. The van der Waals surface area contributed by atoms with E-state index < -0.39 is 5.97 Å². The SMILES string of the molecule is CCOC(=O)c1cc(NC(=O)c2cccc3[nH]ccc23)cn1C. The van der Waals surface area contributed by atoms with E-state index in [-0.39, 0.29) is 5.91 Å². The quantitative estimate of drug-likeness (QED) is 0.727. The van der Waals surface area contributed by atoms with Crippen molar-refractivity contribution in [2.45, 2.75) is 6.92 Å². The molecule has 0 radical (unpaired) electrons. The number of fused-ring (bicyclic) bond motifs is 1. The fourth-order valence-electron chi connectivity index (χ4n) is 2.52. The van der Waals surface area contributed by atoms with Gasteiger partial charge in [-0.05, 0) is 31.2 Å². The lowest BCUT2D eigenvalue weighted by molar-refractivity contribution is 0.0515. The third kappa shape index (κ3) is 2.83. The molecule has 0 fully saturated rings. The van der Waals surface area contributed by atoms with Crippen LogP contribution in [0.5, 0.6) is 0 Å². The van der Waals surface area contributed by atoms with Crippen LogP contribution in [0.3, 0.4) is 0 Å². The molecule has 0 bridgehead atoms. The van der Waals surface area contributed by atoms with Gasteiger partial charge in [0.25, 0.3) is 5.91 Å². The number of aryl methyl sites for hydroxylation is 1.